The molecule has 0 saturated heterocycles. The Morgan fingerprint density at radius 3 is 2.46 bits per heavy atom. The summed E-state index contributed by atoms with van der Waals surface area (Å²) in [7, 11) is 0. The summed E-state index contributed by atoms with van der Waals surface area (Å²) in [6.07, 6.45) is 1.39. The first-order valence-corrected chi connectivity index (χ1v) is 10.9. The van der Waals surface area contributed by atoms with Gasteiger partial charge in [-0.05, 0) is 54.0 Å². The number of benzene rings is 2. The van der Waals surface area contributed by atoms with Crippen molar-refractivity contribution < 1.29 is 18.8 Å². The van der Waals surface area contributed by atoms with Crippen LogP contribution in [0.4, 0.5) is 11.6 Å². The third-order valence-corrected chi connectivity index (χ3v) is 5.00. The van der Waals surface area contributed by atoms with Gasteiger partial charge in [0.05, 0.1) is 13.2 Å². The zero-order valence-corrected chi connectivity index (χ0v) is 19.3. The van der Waals surface area contributed by atoms with E-state index in [0.717, 1.165) is 10.1 Å². The van der Waals surface area contributed by atoms with Crippen LogP contribution in [0, 0.1) is 0 Å². The molecule has 0 unspecified atom stereocenters. The van der Waals surface area contributed by atoms with Crippen molar-refractivity contribution in [2.75, 3.05) is 11.9 Å². The van der Waals surface area contributed by atoms with Gasteiger partial charge >= 0.3 is 17.3 Å². The van der Waals surface area contributed by atoms with Crippen LogP contribution in [0.2, 0.25) is 5.02 Å². The lowest BCUT2D eigenvalue weighted by Gasteiger charge is -2.15. The van der Waals surface area contributed by atoms with Crippen LogP contribution in [0.5, 0.6) is 11.6 Å². The maximum absolute atomic E-state index is 13.2. The van der Waals surface area contributed by atoms with E-state index in [9.17, 15) is 14.4 Å². The molecule has 0 aliphatic heterocycles. The van der Waals surface area contributed by atoms with Gasteiger partial charge in [0.1, 0.15) is 18.6 Å². The van der Waals surface area contributed by atoms with Crippen molar-refractivity contribution in [3.8, 4) is 11.6 Å². The van der Waals surface area contributed by atoms with Crippen molar-refractivity contribution in [2.45, 2.75) is 20.0 Å². The fourth-order valence-electron chi connectivity index (χ4n) is 3.12. The first kappa shape index (κ1) is 23.8. The van der Waals surface area contributed by atoms with Crippen molar-refractivity contribution in [3.63, 3.8) is 0 Å². The lowest BCUT2D eigenvalue weighted by atomic mass is 10.2. The molecule has 0 fully saturated rings. The molecule has 2 aromatic carbocycles. The minimum Gasteiger partial charge on any atom is -0.465 e. The second kappa shape index (κ2) is 10.7. The molecule has 0 aliphatic carbocycles. The molecule has 0 spiro atoms. The van der Waals surface area contributed by atoms with Crippen LogP contribution in [0.1, 0.15) is 12.5 Å². The van der Waals surface area contributed by atoms with Crippen molar-refractivity contribution >= 4 is 29.2 Å². The number of esters is 1. The first-order chi connectivity index (χ1) is 16.9. The Hall–Kier alpha value is -4.38. The number of aromatic nitrogens is 4. The van der Waals surface area contributed by atoms with Gasteiger partial charge in [0.15, 0.2) is 0 Å². The summed E-state index contributed by atoms with van der Waals surface area (Å²) in [6, 6.07) is 15.1. The fourth-order valence-corrected chi connectivity index (χ4v) is 3.25. The molecule has 0 saturated carbocycles. The molecule has 0 amide bonds. The van der Waals surface area contributed by atoms with E-state index in [0.29, 0.717) is 22.3 Å². The number of hydrogen-bond acceptors (Lipinski definition) is 9. The number of ether oxygens (including phenoxy) is 2. The zero-order valence-electron chi connectivity index (χ0n) is 18.5. The molecule has 0 bridgehead atoms. The third kappa shape index (κ3) is 5.95. The SMILES string of the molecule is CCOC(=O)Cn1c(=O)nc(Nc2ccc(Oc3ccon3)cc2)n(Cc2ccc(Cl)cc2)c1=O. The molecule has 11 nitrogen and oxygen atoms in total. The average molecular weight is 498 g/mol. The van der Waals surface area contributed by atoms with E-state index in [1.165, 1.54) is 10.8 Å². The number of nitrogens with zero attached hydrogens (tertiary/aromatic N) is 4. The van der Waals surface area contributed by atoms with E-state index >= 15 is 0 Å². The highest BCUT2D eigenvalue weighted by Gasteiger charge is 2.17. The number of nitrogens with one attached hydrogen (secondary N) is 1. The number of anilines is 2. The molecule has 0 aliphatic rings. The van der Waals surface area contributed by atoms with E-state index in [1.807, 2.05) is 0 Å². The molecule has 1 N–H and O–H groups in total. The van der Waals surface area contributed by atoms with E-state index < -0.39 is 23.9 Å². The van der Waals surface area contributed by atoms with Gasteiger partial charge in [-0.25, -0.2) is 14.2 Å². The number of hydrogen-bond donors (Lipinski definition) is 1. The maximum Gasteiger partial charge on any atom is 0.355 e. The lowest BCUT2D eigenvalue weighted by molar-refractivity contribution is -0.144. The summed E-state index contributed by atoms with van der Waals surface area (Å²) < 4.78 is 17.1. The van der Waals surface area contributed by atoms with Crippen LogP contribution < -0.4 is 21.4 Å². The van der Waals surface area contributed by atoms with Crippen molar-refractivity contribution in [2.24, 2.45) is 0 Å². The van der Waals surface area contributed by atoms with Gasteiger partial charge in [0.25, 0.3) is 5.88 Å². The van der Waals surface area contributed by atoms with Gasteiger partial charge in [-0.15, -0.1) is 0 Å². The van der Waals surface area contributed by atoms with Gasteiger partial charge in [-0.1, -0.05) is 23.7 Å². The Morgan fingerprint density at radius 1 is 1.06 bits per heavy atom. The number of rotatable bonds is 9. The topological polar surface area (TPSA) is 130 Å². The predicted octanol–water partition coefficient (Wildman–Crippen LogP) is 3.19. The summed E-state index contributed by atoms with van der Waals surface area (Å²) in [6.45, 7) is 1.28. The highest BCUT2D eigenvalue weighted by Crippen LogP contribution is 2.23. The van der Waals surface area contributed by atoms with Crippen LogP contribution in [-0.4, -0.2) is 31.9 Å². The Kier molecular flexibility index (Phi) is 7.27. The molecule has 2 heterocycles. The summed E-state index contributed by atoms with van der Waals surface area (Å²) in [5.74, 6) is 0.0883. The van der Waals surface area contributed by atoms with E-state index in [2.05, 4.69) is 15.5 Å². The summed E-state index contributed by atoms with van der Waals surface area (Å²) in [4.78, 5) is 41.8. The van der Waals surface area contributed by atoms with Gasteiger partial charge in [-0.2, -0.15) is 4.98 Å². The molecule has 0 atom stereocenters. The Labute approximate surface area is 203 Å². The summed E-state index contributed by atoms with van der Waals surface area (Å²) in [5, 5.41) is 7.20. The van der Waals surface area contributed by atoms with Gasteiger partial charge in [0.2, 0.25) is 5.95 Å². The minimum atomic E-state index is -0.885. The lowest BCUT2D eigenvalue weighted by Crippen LogP contribution is -2.44. The number of halogens is 1. The molecule has 4 aromatic rings. The second-order valence-corrected chi connectivity index (χ2v) is 7.63. The van der Waals surface area contributed by atoms with Crippen LogP contribution in [-0.2, 0) is 22.6 Å². The Bertz CT molecular complexity index is 1410. The molecule has 12 heteroatoms. The zero-order chi connectivity index (χ0) is 24.8. The molecule has 0 radical (unpaired) electrons. The molecule has 2 aromatic heterocycles. The third-order valence-electron chi connectivity index (χ3n) is 4.74. The van der Waals surface area contributed by atoms with Crippen LogP contribution in [0.3, 0.4) is 0 Å². The highest BCUT2D eigenvalue weighted by atomic mass is 35.5. The van der Waals surface area contributed by atoms with Gasteiger partial charge < -0.3 is 19.3 Å². The Balaban J connectivity index is 1.66. The maximum atomic E-state index is 13.2. The molecule has 180 valence electrons. The van der Waals surface area contributed by atoms with E-state index in [1.54, 1.807) is 61.5 Å². The number of carbonyl (C=O) groups is 1. The van der Waals surface area contributed by atoms with E-state index in [-0.39, 0.29) is 19.1 Å². The van der Waals surface area contributed by atoms with Gasteiger partial charge in [0, 0.05) is 16.8 Å². The molecular weight excluding hydrogens is 478 g/mol. The number of carbonyl (C=O) groups excluding carboxylic acids is 1. The fraction of sp³-hybridized carbons (Fsp3) is 0.174. The Morgan fingerprint density at radius 2 is 1.80 bits per heavy atom. The standard InChI is InChI=1S/C23H20ClN5O6/c1-2-33-20(30)14-29-22(31)26-21(28(23(29)32)13-15-3-5-16(24)6-4-15)25-17-7-9-18(10-8-17)35-19-11-12-34-27-19/h3-12H,2,13-14H2,1H3,(H,25,26,31). The van der Waals surface area contributed by atoms with Gasteiger partial charge in [-0.3, -0.25) is 9.36 Å². The van der Waals surface area contributed by atoms with Crippen LogP contribution in [0.25, 0.3) is 0 Å². The normalized spacial score (nSPS) is 10.7. The molecule has 35 heavy (non-hydrogen) atoms. The summed E-state index contributed by atoms with van der Waals surface area (Å²) >= 11 is 5.97. The monoisotopic (exact) mass is 497 g/mol. The minimum absolute atomic E-state index is 0.000212. The second-order valence-electron chi connectivity index (χ2n) is 7.19. The van der Waals surface area contributed by atoms with Crippen molar-refractivity contribution in [1.29, 1.82) is 0 Å². The largest absolute Gasteiger partial charge is 0.465 e. The van der Waals surface area contributed by atoms with Crippen LogP contribution >= 0.6 is 11.6 Å². The van der Waals surface area contributed by atoms with Crippen molar-refractivity contribution in [1.82, 2.24) is 19.3 Å². The highest BCUT2D eigenvalue weighted by molar-refractivity contribution is 6.30. The molecular formula is C23H20ClN5O6. The first-order valence-electron chi connectivity index (χ1n) is 10.5. The smallest absolute Gasteiger partial charge is 0.355 e. The predicted molar refractivity (Wildman–Crippen MR) is 126 cm³/mol. The summed E-state index contributed by atoms with van der Waals surface area (Å²) in [5.41, 5.74) is -0.332. The average Bonchev–Trinajstić information content (AvgIpc) is 3.35. The van der Waals surface area contributed by atoms with Crippen LogP contribution in [0.15, 0.2) is 75.0 Å². The van der Waals surface area contributed by atoms with E-state index in [4.69, 9.17) is 25.6 Å². The van der Waals surface area contributed by atoms with Crippen molar-refractivity contribution in [3.05, 3.63) is 92.4 Å². The quantitative estimate of drug-likeness (QED) is 0.346. The molecule has 4 rings (SSSR count).